The van der Waals surface area contributed by atoms with E-state index in [2.05, 4.69) is 178 Å². The van der Waals surface area contributed by atoms with Crippen LogP contribution in [0.4, 0.5) is 11.4 Å². The largest absolute Gasteiger partial charge is 0.456 e. The Morgan fingerprint density at radius 1 is 0.522 bits per heavy atom. The van der Waals surface area contributed by atoms with E-state index in [1.54, 1.807) is 0 Å². The number of para-hydroxylation sites is 5. The summed E-state index contributed by atoms with van der Waals surface area (Å²) in [7, 11) is 0. The molecule has 15 rings (SSSR count). The zero-order valence-corrected chi connectivity index (χ0v) is 37.0. The predicted molar refractivity (Wildman–Crippen MR) is 278 cm³/mol. The van der Waals surface area contributed by atoms with Crippen LogP contribution in [0.2, 0.25) is 0 Å². The monoisotopic (exact) mass is 883 g/mol. The van der Waals surface area contributed by atoms with E-state index in [4.69, 9.17) is 8.83 Å². The number of hydrogen-bond acceptors (Lipinski definition) is 5. The summed E-state index contributed by atoms with van der Waals surface area (Å²) in [5.41, 5.74) is 14.9. The highest BCUT2D eigenvalue weighted by atomic mass is 16.3. The molecular formula is C62H37N5O2. The van der Waals surface area contributed by atoms with Gasteiger partial charge in [-0.05, 0) is 90.2 Å². The van der Waals surface area contributed by atoms with Gasteiger partial charge in [-0.3, -0.25) is 0 Å². The summed E-state index contributed by atoms with van der Waals surface area (Å²) in [6, 6.07) is 57.8. The van der Waals surface area contributed by atoms with E-state index in [-0.39, 0.29) is 12.0 Å². The molecule has 2 aliphatic carbocycles. The van der Waals surface area contributed by atoms with Gasteiger partial charge in [-0.25, -0.2) is 0 Å². The van der Waals surface area contributed by atoms with Crippen molar-refractivity contribution < 1.29 is 8.83 Å². The van der Waals surface area contributed by atoms with E-state index >= 15 is 0 Å². The number of nitrogens with zero attached hydrogens (tertiary/aromatic N) is 5. The van der Waals surface area contributed by atoms with E-state index in [1.807, 2.05) is 36.4 Å². The number of benzene rings is 8. The molecule has 0 saturated carbocycles. The fourth-order valence-corrected chi connectivity index (χ4v) is 12.3. The third-order valence-corrected chi connectivity index (χ3v) is 15.0. The molecule has 0 N–H and O–H groups in total. The second-order valence-electron chi connectivity index (χ2n) is 18.4. The maximum absolute atomic E-state index is 12.3. The van der Waals surface area contributed by atoms with Crippen molar-refractivity contribution in [1.29, 1.82) is 10.5 Å². The molecule has 0 fully saturated rings. The minimum absolute atomic E-state index is 0.104. The van der Waals surface area contributed by atoms with E-state index < -0.39 is 0 Å². The van der Waals surface area contributed by atoms with Gasteiger partial charge in [0.2, 0.25) is 0 Å². The topological polar surface area (TPSA) is 87.0 Å². The molecule has 3 aliphatic rings. The lowest BCUT2D eigenvalue weighted by Crippen LogP contribution is -2.31. The maximum Gasteiger partial charge on any atom is 0.135 e. The van der Waals surface area contributed by atoms with Crippen LogP contribution in [-0.2, 0) is 6.42 Å². The molecule has 7 nitrogen and oxygen atoms in total. The highest BCUT2D eigenvalue weighted by molar-refractivity contribution is 6.14. The summed E-state index contributed by atoms with van der Waals surface area (Å²) in [6.07, 6.45) is 14.9. The van der Waals surface area contributed by atoms with E-state index in [1.165, 1.54) is 5.56 Å². The SMILES string of the molecule is N#Cc1c(N2c3ccc4oc5ccccc5c4c3C3C=CC=CC32)c(C#N)c(-n2c3ccccc3c3ccccc32)c(-c2ccc3oc4ccccc4c3c2)c1-n1c2c(c3ccccc31)CCC=C2. The van der Waals surface area contributed by atoms with Crippen LogP contribution in [0.1, 0.15) is 40.3 Å². The van der Waals surface area contributed by atoms with Crippen LogP contribution in [0.5, 0.6) is 0 Å². The summed E-state index contributed by atoms with van der Waals surface area (Å²) in [5, 5.41) is 31.9. The van der Waals surface area contributed by atoms with Crippen LogP contribution in [0.25, 0.3) is 105 Å². The van der Waals surface area contributed by atoms with Crippen molar-refractivity contribution >= 4 is 94.0 Å². The van der Waals surface area contributed by atoms with Crippen LogP contribution in [0, 0.1) is 22.7 Å². The van der Waals surface area contributed by atoms with Crippen molar-refractivity contribution in [1.82, 2.24) is 9.13 Å². The molecule has 2 unspecified atom stereocenters. The van der Waals surface area contributed by atoms with Crippen LogP contribution in [-0.4, -0.2) is 15.2 Å². The van der Waals surface area contributed by atoms with Crippen LogP contribution in [0.15, 0.2) is 191 Å². The molecule has 0 spiro atoms. The molecule has 322 valence electrons. The van der Waals surface area contributed by atoms with Crippen molar-refractivity contribution in [3.8, 4) is 34.6 Å². The first-order valence-corrected chi connectivity index (χ1v) is 23.5. The summed E-state index contributed by atoms with van der Waals surface area (Å²) in [5.74, 6) is -0.104. The van der Waals surface area contributed by atoms with Crippen molar-refractivity contribution in [2.45, 2.75) is 24.8 Å². The van der Waals surface area contributed by atoms with Gasteiger partial charge in [-0.15, -0.1) is 0 Å². The number of hydrogen-bond donors (Lipinski definition) is 0. The van der Waals surface area contributed by atoms with Crippen molar-refractivity contribution in [2.24, 2.45) is 0 Å². The molecule has 0 saturated heterocycles. The minimum Gasteiger partial charge on any atom is -0.456 e. The Hall–Kier alpha value is -9.30. The summed E-state index contributed by atoms with van der Waals surface area (Å²) in [6.45, 7) is 0. The zero-order chi connectivity index (χ0) is 45.5. The summed E-state index contributed by atoms with van der Waals surface area (Å²) >= 11 is 0. The van der Waals surface area contributed by atoms with Gasteiger partial charge in [0, 0.05) is 60.6 Å². The van der Waals surface area contributed by atoms with E-state index in [0.717, 1.165) is 123 Å². The fraction of sp³-hybridized carbons (Fsp3) is 0.0645. The second-order valence-corrected chi connectivity index (χ2v) is 18.4. The van der Waals surface area contributed by atoms with E-state index in [9.17, 15) is 10.5 Å². The second kappa shape index (κ2) is 14.1. The normalized spacial score (nSPS) is 16.1. The lowest BCUT2D eigenvalue weighted by molar-refractivity contribution is 0.668. The van der Waals surface area contributed by atoms with Gasteiger partial charge in [-0.2, -0.15) is 10.5 Å². The van der Waals surface area contributed by atoms with Gasteiger partial charge in [0.05, 0.1) is 39.7 Å². The Balaban J connectivity index is 1.19. The maximum atomic E-state index is 12.3. The fourth-order valence-electron chi connectivity index (χ4n) is 12.3. The molecule has 7 heteroatoms. The smallest absolute Gasteiger partial charge is 0.135 e. The average molecular weight is 884 g/mol. The number of fused-ring (bicyclic) bond motifs is 16. The van der Waals surface area contributed by atoms with Gasteiger partial charge in [-0.1, -0.05) is 127 Å². The van der Waals surface area contributed by atoms with Crippen molar-refractivity contribution in [3.63, 3.8) is 0 Å². The quantitative estimate of drug-likeness (QED) is 0.176. The molecule has 2 atom stereocenters. The van der Waals surface area contributed by atoms with Gasteiger partial charge in [0.15, 0.2) is 0 Å². The number of rotatable bonds is 4. The first kappa shape index (κ1) is 37.9. The highest BCUT2D eigenvalue weighted by Gasteiger charge is 2.44. The number of aryl methyl sites for hydroxylation is 1. The Bertz CT molecular complexity index is 4380. The third kappa shape index (κ3) is 5.03. The lowest BCUT2D eigenvalue weighted by Gasteiger charge is -2.33. The predicted octanol–water partition coefficient (Wildman–Crippen LogP) is 15.6. The number of anilines is 2. The third-order valence-electron chi connectivity index (χ3n) is 15.0. The average Bonchev–Trinajstić information content (AvgIpc) is 4.21. The number of nitriles is 2. The molecule has 0 amide bonds. The standard InChI is InChI=1S/C62H37N5O2/c63-34-45-60(67-51-26-12-5-20-42(51)58-52(67)30-32-56-59(58)43-21-7-14-28-54(43)69-56)46(35-64)62(66-49-24-10-3-17-39(49)40-18-4-11-25-50(40)66)57(36-29-31-55-44(33-36)41-19-6-13-27-53(41)68-55)61(45)65-47-22-8-1-15-37(47)38-16-2-9-23-48(38)65/h1-3,5-17,19-33,42,51H,4,18H2. The number of aromatic nitrogens is 2. The first-order valence-electron chi connectivity index (χ1n) is 23.5. The van der Waals surface area contributed by atoms with Crippen LogP contribution < -0.4 is 4.90 Å². The minimum atomic E-state index is -0.267. The van der Waals surface area contributed by atoms with Crippen LogP contribution in [0.3, 0.4) is 0 Å². The Morgan fingerprint density at radius 3 is 1.84 bits per heavy atom. The summed E-state index contributed by atoms with van der Waals surface area (Å²) in [4.78, 5) is 2.30. The zero-order valence-electron chi connectivity index (χ0n) is 37.0. The molecule has 5 heterocycles. The Kier molecular flexibility index (Phi) is 7.74. The molecule has 8 aromatic carbocycles. The lowest BCUT2D eigenvalue weighted by atomic mass is 9.88. The summed E-state index contributed by atoms with van der Waals surface area (Å²) < 4.78 is 17.6. The molecule has 12 aromatic rings. The highest BCUT2D eigenvalue weighted by Crippen LogP contribution is 2.57. The van der Waals surface area contributed by atoms with Gasteiger partial charge < -0.3 is 22.9 Å². The molecule has 4 aromatic heterocycles. The van der Waals surface area contributed by atoms with Crippen molar-refractivity contribution in [3.05, 3.63) is 210 Å². The van der Waals surface area contributed by atoms with Crippen LogP contribution >= 0.6 is 0 Å². The van der Waals surface area contributed by atoms with Gasteiger partial charge >= 0.3 is 0 Å². The molecule has 69 heavy (non-hydrogen) atoms. The molecule has 1 aliphatic heterocycles. The van der Waals surface area contributed by atoms with Crippen molar-refractivity contribution in [2.75, 3.05) is 4.90 Å². The van der Waals surface area contributed by atoms with Gasteiger partial charge in [0.25, 0.3) is 0 Å². The molecule has 0 radical (unpaired) electrons. The number of furan rings is 2. The molecular weight excluding hydrogens is 847 g/mol. The first-order chi connectivity index (χ1) is 34.2. The van der Waals surface area contributed by atoms with E-state index in [0.29, 0.717) is 22.5 Å². The number of allylic oxidation sites excluding steroid dienone is 3. The van der Waals surface area contributed by atoms with Gasteiger partial charge in [0.1, 0.15) is 45.6 Å². The molecule has 0 bridgehead atoms. The Labute approximate surface area is 395 Å². The Morgan fingerprint density at radius 2 is 1.10 bits per heavy atom.